The zero-order valence-corrected chi connectivity index (χ0v) is 12.0. The zero-order valence-electron chi connectivity index (χ0n) is 12.0. The summed E-state index contributed by atoms with van der Waals surface area (Å²) in [5.74, 6) is -1.14. The van der Waals surface area contributed by atoms with Crippen molar-refractivity contribution in [2.24, 2.45) is 0 Å². The van der Waals surface area contributed by atoms with Gasteiger partial charge in [0.2, 0.25) is 0 Å². The molecular weight excluding hydrogens is 313 g/mol. The molecule has 0 saturated carbocycles. The second-order valence-electron chi connectivity index (χ2n) is 4.65. The highest BCUT2D eigenvalue weighted by molar-refractivity contribution is 6.05. The Bertz CT molecular complexity index is 717. The lowest BCUT2D eigenvalue weighted by Gasteiger charge is -2.13. The van der Waals surface area contributed by atoms with Gasteiger partial charge in [0.15, 0.2) is 0 Å². The molecule has 0 radical (unpaired) electrons. The van der Waals surface area contributed by atoms with E-state index in [0.29, 0.717) is 11.6 Å². The van der Waals surface area contributed by atoms with Crippen LogP contribution in [0.15, 0.2) is 36.7 Å². The summed E-state index contributed by atoms with van der Waals surface area (Å²) in [6, 6.07) is 3.69. The molecule has 0 spiro atoms. The van der Waals surface area contributed by atoms with Crippen LogP contribution in [0.5, 0.6) is 5.75 Å². The van der Waals surface area contributed by atoms with Crippen molar-refractivity contribution in [3.05, 3.63) is 53.3 Å². The third-order valence-electron chi connectivity index (χ3n) is 3.02. The predicted molar refractivity (Wildman–Crippen MR) is 76.0 cm³/mol. The van der Waals surface area contributed by atoms with E-state index in [1.165, 1.54) is 25.6 Å². The van der Waals surface area contributed by atoms with Gasteiger partial charge in [-0.25, -0.2) is 0 Å². The first kappa shape index (κ1) is 16.8. The smallest absolute Gasteiger partial charge is 0.416 e. The molecule has 2 N–H and O–H groups in total. The summed E-state index contributed by atoms with van der Waals surface area (Å²) in [6.45, 7) is 0.116. The number of halogens is 3. The molecule has 2 rings (SSSR count). The number of carbonyl (C=O) groups is 1. The van der Waals surface area contributed by atoms with Crippen molar-refractivity contribution in [1.82, 2.24) is 4.98 Å². The predicted octanol–water partition coefficient (Wildman–Crippen LogP) is 3.20. The van der Waals surface area contributed by atoms with E-state index < -0.39 is 23.4 Å². The summed E-state index contributed by atoms with van der Waals surface area (Å²) >= 11 is 0. The molecule has 0 aliphatic rings. The number of amides is 1. The van der Waals surface area contributed by atoms with Gasteiger partial charge in [-0.2, -0.15) is 13.2 Å². The maximum absolute atomic E-state index is 12.7. The minimum Gasteiger partial charge on any atom is -0.506 e. The quantitative estimate of drug-likeness (QED) is 0.847. The summed E-state index contributed by atoms with van der Waals surface area (Å²) in [4.78, 5) is 16.1. The van der Waals surface area contributed by atoms with Crippen LogP contribution < -0.4 is 5.32 Å². The molecule has 8 heteroatoms. The Labute approximate surface area is 129 Å². The van der Waals surface area contributed by atoms with E-state index in [2.05, 4.69) is 10.3 Å². The highest BCUT2D eigenvalue weighted by atomic mass is 19.4. The van der Waals surface area contributed by atoms with Crippen molar-refractivity contribution in [2.45, 2.75) is 12.8 Å². The fourth-order valence-corrected chi connectivity index (χ4v) is 1.92. The summed E-state index contributed by atoms with van der Waals surface area (Å²) in [6.07, 6.45) is -1.78. The van der Waals surface area contributed by atoms with E-state index in [1.54, 1.807) is 0 Å². The monoisotopic (exact) mass is 326 g/mol. The Morgan fingerprint density at radius 1 is 1.35 bits per heavy atom. The Balaban J connectivity index is 2.31. The van der Waals surface area contributed by atoms with Crippen molar-refractivity contribution in [1.29, 1.82) is 0 Å². The molecule has 122 valence electrons. The van der Waals surface area contributed by atoms with Gasteiger partial charge in [-0.05, 0) is 24.3 Å². The number of aromatic nitrogens is 1. The first-order valence-corrected chi connectivity index (χ1v) is 6.46. The molecule has 0 fully saturated rings. The van der Waals surface area contributed by atoms with Crippen LogP contribution in [0.25, 0.3) is 0 Å². The number of methoxy groups -OCH3 is 1. The minimum absolute atomic E-state index is 0.116. The normalized spacial score (nSPS) is 11.3. The Morgan fingerprint density at radius 2 is 2.09 bits per heavy atom. The number of benzene rings is 1. The molecule has 0 saturated heterocycles. The molecule has 1 amide bonds. The number of carbonyl (C=O) groups excluding carboxylic acids is 1. The van der Waals surface area contributed by atoms with Crippen molar-refractivity contribution in [2.75, 3.05) is 12.4 Å². The molecule has 23 heavy (non-hydrogen) atoms. The second-order valence-corrected chi connectivity index (χ2v) is 4.65. The van der Waals surface area contributed by atoms with Gasteiger partial charge in [0.1, 0.15) is 5.75 Å². The number of aromatic hydroxyl groups is 1. The van der Waals surface area contributed by atoms with Gasteiger partial charge in [0.05, 0.1) is 17.9 Å². The molecule has 0 unspecified atom stereocenters. The van der Waals surface area contributed by atoms with Gasteiger partial charge in [-0.3, -0.25) is 9.78 Å². The summed E-state index contributed by atoms with van der Waals surface area (Å²) in [5, 5.41) is 11.9. The van der Waals surface area contributed by atoms with E-state index >= 15 is 0 Å². The number of hydrogen-bond donors (Lipinski definition) is 2. The van der Waals surface area contributed by atoms with E-state index in [1.807, 2.05) is 0 Å². The third kappa shape index (κ3) is 3.98. The van der Waals surface area contributed by atoms with Crippen LogP contribution in [-0.2, 0) is 17.5 Å². The highest BCUT2D eigenvalue weighted by Crippen LogP contribution is 2.34. The Morgan fingerprint density at radius 3 is 2.74 bits per heavy atom. The summed E-state index contributed by atoms with van der Waals surface area (Å²) < 4.78 is 43.1. The van der Waals surface area contributed by atoms with Crippen molar-refractivity contribution >= 4 is 11.6 Å². The standard InChI is InChI=1S/C15H13F3N2O3/c1-23-8-9-7-19-5-4-11(9)14(22)20-12-6-10(15(16,17)18)2-3-13(12)21/h2-7,21H,8H2,1H3,(H,20,22). The molecule has 2 aromatic rings. The lowest BCUT2D eigenvalue weighted by molar-refractivity contribution is -0.137. The highest BCUT2D eigenvalue weighted by Gasteiger charge is 2.31. The van der Waals surface area contributed by atoms with Gasteiger partial charge in [0, 0.05) is 30.6 Å². The zero-order chi connectivity index (χ0) is 17.0. The Kier molecular flexibility index (Phi) is 4.85. The lowest BCUT2D eigenvalue weighted by Crippen LogP contribution is -2.16. The lowest BCUT2D eigenvalue weighted by atomic mass is 10.1. The molecule has 1 aromatic carbocycles. The van der Waals surface area contributed by atoms with Crippen LogP contribution in [0, 0.1) is 0 Å². The minimum atomic E-state index is -4.58. The van der Waals surface area contributed by atoms with Crippen LogP contribution in [0.2, 0.25) is 0 Å². The van der Waals surface area contributed by atoms with Crippen LogP contribution in [0.4, 0.5) is 18.9 Å². The van der Waals surface area contributed by atoms with Crippen molar-refractivity contribution in [3.63, 3.8) is 0 Å². The van der Waals surface area contributed by atoms with Crippen LogP contribution in [0.3, 0.4) is 0 Å². The van der Waals surface area contributed by atoms with Gasteiger partial charge in [0.25, 0.3) is 5.91 Å². The fourth-order valence-electron chi connectivity index (χ4n) is 1.92. The second kappa shape index (κ2) is 6.66. The van der Waals surface area contributed by atoms with Crippen LogP contribution in [0.1, 0.15) is 21.5 Å². The SMILES string of the molecule is COCc1cnccc1C(=O)Nc1cc(C(F)(F)F)ccc1O. The molecule has 5 nitrogen and oxygen atoms in total. The molecule has 0 atom stereocenters. The molecule has 0 aliphatic heterocycles. The largest absolute Gasteiger partial charge is 0.506 e. The van der Waals surface area contributed by atoms with Crippen LogP contribution >= 0.6 is 0 Å². The number of phenols is 1. The summed E-state index contributed by atoms with van der Waals surface area (Å²) in [5.41, 5.74) is -0.639. The van der Waals surface area contributed by atoms with Gasteiger partial charge < -0.3 is 15.2 Å². The van der Waals surface area contributed by atoms with E-state index in [0.717, 1.165) is 12.1 Å². The topological polar surface area (TPSA) is 71.5 Å². The van der Waals surface area contributed by atoms with Crippen LogP contribution in [-0.4, -0.2) is 23.1 Å². The van der Waals surface area contributed by atoms with E-state index in [-0.39, 0.29) is 17.9 Å². The number of rotatable bonds is 4. The molecular formula is C15H13F3N2O3. The number of ether oxygens (including phenoxy) is 1. The summed E-state index contributed by atoms with van der Waals surface area (Å²) in [7, 11) is 1.44. The number of phenolic OH excluding ortho intramolecular Hbond substituents is 1. The van der Waals surface area contributed by atoms with Gasteiger partial charge in [-0.15, -0.1) is 0 Å². The molecule has 0 aliphatic carbocycles. The van der Waals surface area contributed by atoms with Gasteiger partial charge in [-0.1, -0.05) is 0 Å². The van der Waals surface area contributed by atoms with Gasteiger partial charge >= 0.3 is 6.18 Å². The maximum atomic E-state index is 12.7. The average Bonchev–Trinajstić information content (AvgIpc) is 2.49. The Hall–Kier alpha value is -2.61. The number of nitrogens with zero attached hydrogens (tertiary/aromatic N) is 1. The van der Waals surface area contributed by atoms with Crippen molar-refractivity contribution in [3.8, 4) is 5.75 Å². The molecule has 1 aromatic heterocycles. The fraction of sp³-hybridized carbons (Fsp3) is 0.200. The maximum Gasteiger partial charge on any atom is 0.416 e. The third-order valence-corrected chi connectivity index (χ3v) is 3.02. The number of hydrogen-bond acceptors (Lipinski definition) is 4. The number of pyridine rings is 1. The first-order valence-electron chi connectivity index (χ1n) is 6.46. The van der Waals surface area contributed by atoms with E-state index in [4.69, 9.17) is 4.74 Å². The number of alkyl halides is 3. The number of anilines is 1. The first-order chi connectivity index (χ1) is 10.8. The van der Waals surface area contributed by atoms with E-state index in [9.17, 15) is 23.1 Å². The number of nitrogens with one attached hydrogen (secondary N) is 1. The molecule has 0 bridgehead atoms. The molecule has 1 heterocycles. The average molecular weight is 326 g/mol. The van der Waals surface area contributed by atoms with Crippen molar-refractivity contribution < 1.29 is 27.8 Å².